The molecule has 2 N–H and O–H groups in total. The summed E-state index contributed by atoms with van der Waals surface area (Å²) < 4.78 is 13.2. The zero-order chi connectivity index (χ0) is 17.9. The van der Waals surface area contributed by atoms with E-state index in [9.17, 15) is 4.39 Å². The van der Waals surface area contributed by atoms with Crippen molar-refractivity contribution >= 4 is 5.96 Å². The standard InChI is InChI=1S/C20H27FN4/c1-22-20(23-12-11-17-9-6-10-19(21)15-17)24-13-14-25(2)16-18-7-4-3-5-8-18/h3-10,15H,11-14,16H2,1-2H3,(H2,22,23,24). The molecule has 0 bridgehead atoms. The minimum atomic E-state index is -0.193. The molecule has 0 aromatic heterocycles. The van der Waals surface area contributed by atoms with E-state index in [1.54, 1.807) is 19.2 Å². The van der Waals surface area contributed by atoms with Gasteiger partial charge in [0.15, 0.2) is 5.96 Å². The molecule has 2 rings (SSSR count). The summed E-state index contributed by atoms with van der Waals surface area (Å²) in [6.45, 7) is 3.36. The minimum absolute atomic E-state index is 0.193. The summed E-state index contributed by atoms with van der Waals surface area (Å²) in [6, 6.07) is 17.1. The van der Waals surface area contributed by atoms with Gasteiger partial charge in [0.2, 0.25) is 0 Å². The van der Waals surface area contributed by atoms with Gasteiger partial charge in [-0.3, -0.25) is 4.99 Å². The maximum atomic E-state index is 13.2. The summed E-state index contributed by atoms with van der Waals surface area (Å²) in [6.07, 6.45) is 0.756. The predicted molar refractivity (Wildman–Crippen MR) is 102 cm³/mol. The zero-order valence-electron chi connectivity index (χ0n) is 15.0. The number of hydrogen-bond acceptors (Lipinski definition) is 2. The van der Waals surface area contributed by atoms with Crippen LogP contribution >= 0.6 is 0 Å². The molecule has 0 radical (unpaired) electrons. The molecule has 0 aliphatic carbocycles. The van der Waals surface area contributed by atoms with Crippen molar-refractivity contribution in [3.8, 4) is 0 Å². The minimum Gasteiger partial charge on any atom is -0.356 e. The van der Waals surface area contributed by atoms with E-state index in [-0.39, 0.29) is 5.82 Å². The van der Waals surface area contributed by atoms with Gasteiger partial charge in [0.05, 0.1) is 0 Å². The van der Waals surface area contributed by atoms with Crippen LogP contribution in [-0.4, -0.2) is 44.6 Å². The van der Waals surface area contributed by atoms with Crippen molar-refractivity contribution in [2.75, 3.05) is 33.7 Å². The Hall–Kier alpha value is -2.40. The second-order valence-electron chi connectivity index (χ2n) is 6.03. The van der Waals surface area contributed by atoms with E-state index in [2.05, 4.69) is 51.8 Å². The Morgan fingerprint density at radius 2 is 1.72 bits per heavy atom. The quantitative estimate of drug-likeness (QED) is 0.572. The van der Waals surface area contributed by atoms with Crippen molar-refractivity contribution < 1.29 is 4.39 Å². The Morgan fingerprint density at radius 1 is 1.00 bits per heavy atom. The van der Waals surface area contributed by atoms with Crippen molar-refractivity contribution in [1.29, 1.82) is 0 Å². The lowest BCUT2D eigenvalue weighted by molar-refractivity contribution is 0.331. The highest BCUT2D eigenvalue weighted by atomic mass is 19.1. The van der Waals surface area contributed by atoms with Gasteiger partial charge in [-0.2, -0.15) is 0 Å². The first kappa shape index (κ1) is 18.9. The Labute approximate surface area is 149 Å². The van der Waals surface area contributed by atoms with Crippen LogP contribution in [0.3, 0.4) is 0 Å². The van der Waals surface area contributed by atoms with Crippen molar-refractivity contribution in [1.82, 2.24) is 15.5 Å². The molecule has 0 aliphatic rings. The van der Waals surface area contributed by atoms with Gasteiger partial charge >= 0.3 is 0 Å². The first-order chi connectivity index (χ1) is 12.2. The largest absolute Gasteiger partial charge is 0.356 e. The van der Waals surface area contributed by atoms with Gasteiger partial charge in [0.25, 0.3) is 0 Å². The van der Waals surface area contributed by atoms with Gasteiger partial charge in [-0.15, -0.1) is 0 Å². The molecule has 4 nitrogen and oxygen atoms in total. The van der Waals surface area contributed by atoms with E-state index in [0.717, 1.165) is 37.6 Å². The first-order valence-corrected chi connectivity index (χ1v) is 8.59. The highest BCUT2D eigenvalue weighted by Gasteiger charge is 2.02. The van der Waals surface area contributed by atoms with Crippen molar-refractivity contribution in [3.63, 3.8) is 0 Å². The predicted octanol–water partition coefficient (Wildman–Crippen LogP) is 2.67. The van der Waals surface area contributed by atoms with Crippen molar-refractivity contribution in [2.45, 2.75) is 13.0 Å². The van der Waals surface area contributed by atoms with Crippen molar-refractivity contribution in [3.05, 3.63) is 71.5 Å². The lowest BCUT2D eigenvalue weighted by Crippen LogP contribution is -2.41. The third kappa shape index (κ3) is 7.35. The molecule has 0 spiro atoms. The highest BCUT2D eigenvalue weighted by molar-refractivity contribution is 5.79. The molecule has 5 heteroatoms. The highest BCUT2D eigenvalue weighted by Crippen LogP contribution is 2.03. The van der Waals surface area contributed by atoms with Crippen LogP contribution in [0.1, 0.15) is 11.1 Å². The molecule has 0 atom stereocenters. The van der Waals surface area contributed by atoms with Gasteiger partial charge in [0, 0.05) is 33.2 Å². The summed E-state index contributed by atoms with van der Waals surface area (Å²) in [7, 11) is 3.86. The van der Waals surface area contributed by atoms with Crippen molar-refractivity contribution in [2.24, 2.45) is 4.99 Å². The topological polar surface area (TPSA) is 39.7 Å². The van der Waals surface area contributed by atoms with Gasteiger partial charge in [-0.05, 0) is 36.7 Å². The fraction of sp³-hybridized carbons (Fsp3) is 0.350. The molecule has 0 aliphatic heterocycles. The van der Waals surface area contributed by atoms with Crippen LogP contribution in [0.4, 0.5) is 4.39 Å². The second-order valence-corrected chi connectivity index (χ2v) is 6.03. The van der Waals surface area contributed by atoms with Gasteiger partial charge in [-0.1, -0.05) is 42.5 Å². The number of nitrogens with one attached hydrogen (secondary N) is 2. The number of guanidine groups is 1. The SMILES string of the molecule is CN=C(NCCc1cccc(F)c1)NCCN(C)Cc1ccccc1. The second kappa shape index (κ2) is 10.5. The molecule has 25 heavy (non-hydrogen) atoms. The van der Waals surface area contributed by atoms with E-state index >= 15 is 0 Å². The Balaban J connectivity index is 1.64. The van der Waals surface area contributed by atoms with E-state index in [1.165, 1.54) is 11.6 Å². The monoisotopic (exact) mass is 342 g/mol. The molecule has 2 aromatic carbocycles. The number of benzene rings is 2. The lowest BCUT2D eigenvalue weighted by atomic mass is 10.1. The summed E-state index contributed by atoms with van der Waals surface area (Å²) in [5.74, 6) is 0.575. The number of likely N-dealkylation sites (N-methyl/N-ethyl adjacent to an activating group) is 1. The van der Waals surface area contributed by atoms with E-state index in [0.29, 0.717) is 6.54 Å². The zero-order valence-corrected chi connectivity index (χ0v) is 15.0. The number of aliphatic imine (C=N–C) groups is 1. The van der Waals surface area contributed by atoms with Crippen LogP contribution < -0.4 is 10.6 Å². The molecule has 0 unspecified atom stereocenters. The molecule has 0 amide bonds. The Kier molecular flexibility index (Phi) is 7.92. The smallest absolute Gasteiger partial charge is 0.191 e. The summed E-state index contributed by atoms with van der Waals surface area (Å²) in [5.41, 5.74) is 2.29. The summed E-state index contributed by atoms with van der Waals surface area (Å²) in [4.78, 5) is 6.49. The molecular weight excluding hydrogens is 315 g/mol. The van der Waals surface area contributed by atoms with E-state index < -0.39 is 0 Å². The molecule has 0 saturated heterocycles. The molecule has 2 aromatic rings. The van der Waals surface area contributed by atoms with E-state index in [4.69, 9.17) is 0 Å². The summed E-state index contributed by atoms with van der Waals surface area (Å²) in [5, 5.41) is 6.57. The van der Waals surface area contributed by atoms with E-state index in [1.807, 2.05) is 12.1 Å². The lowest BCUT2D eigenvalue weighted by Gasteiger charge is -2.18. The number of nitrogens with zero attached hydrogens (tertiary/aromatic N) is 2. The number of halogens is 1. The van der Waals surface area contributed by atoms with Crippen LogP contribution in [-0.2, 0) is 13.0 Å². The maximum Gasteiger partial charge on any atom is 0.191 e. The summed E-state index contributed by atoms with van der Waals surface area (Å²) >= 11 is 0. The maximum absolute atomic E-state index is 13.2. The molecule has 0 heterocycles. The fourth-order valence-corrected chi connectivity index (χ4v) is 2.58. The average Bonchev–Trinajstić information content (AvgIpc) is 2.61. The fourth-order valence-electron chi connectivity index (χ4n) is 2.58. The van der Waals surface area contributed by atoms with Crippen LogP contribution in [0.5, 0.6) is 0 Å². The molecule has 0 saturated carbocycles. The Bertz CT molecular complexity index is 658. The molecule has 0 fully saturated rings. The normalized spacial score (nSPS) is 11.6. The first-order valence-electron chi connectivity index (χ1n) is 8.59. The van der Waals surface area contributed by atoms with Crippen LogP contribution in [0.15, 0.2) is 59.6 Å². The molecular formula is C20H27FN4. The average molecular weight is 342 g/mol. The third-order valence-electron chi connectivity index (χ3n) is 3.90. The van der Waals surface area contributed by atoms with Gasteiger partial charge in [-0.25, -0.2) is 4.39 Å². The number of hydrogen-bond donors (Lipinski definition) is 2. The number of rotatable bonds is 8. The third-order valence-corrected chi connectivity index (χ3v) is 3.90. The van der Waals surface area contributed by atoms with Crippen LogP contribution in [0.2, 0.25) is 0 Å². The van der Waals surface area contributed by atoms with Gasteiger partial charge in [0.1, 0.15) is 5.82 Å². The van der Waals surface area contributed by atoms with Crippen LogP contribution in [0.25, 0.3) is 0 Å². The van der Waals surface area contributed by atoms with Gasteiger partial charge < -0.3 is 15.5 Å². The molecule has 134 valence electrons. The Morgan fingerprint density at radius 3 is 2.44 bits per heavy atom. The van der Waals surface area contributed by atoms with Crippen LogP contribution in [0, 0.1) is 5.82 Å².